The van der Waals surface area contributed by atoms with E-state index in [2.05, 4.69) is 31.0 Å². The Labute approximate surface area is 261 Å². The van der Waals surface area contributed by atoms with Crippen LogP contribution in [0, 0.1) is 13.8 Å². The van der Waals surface area contributed by atoms with E-state index in [0.29, 0.717) is 29.4 Å². The number of carbonyl (C=O) groups excluding carboxylic acids is 3. The first kappa shape index (κ1) is 32.6. The Balaban J connectivity index is 1.41. The van der Waals surface area contributed by atoms with Crippen molar-refractivity contribution in [2.75, 3.05) is 25.6 Å². The van der Waals surface area contributed by atoms with Crippen molar-refractivity contribution in [3.8, 4) is 17.2 Å². The Bertz CT molecular complexity index is 1630. The van der Waals surface area contributed by atoms with Crippen molar-refractivity contribution in [3.05, 3.63) is 82.3 Å². The van der Waals surface area contributed by atoms with Crippen molar-refractivity contribution < 1.29 is 33.7 Å². The maximum absolute atomic E-state index is 12.5. The van der Waals surface area contributed by atoms with Gasteiger partial charge in [-0.15, -0.1) is 0 Å². The monoisotopic (exact) mass is 618 g/mol. The molecule has 3 aromatic rings. The minimum absolute atomic E-state index is 0.130. The van der Waals surface area contributed by atoms with Crippen LogP contribution in [0.25, 0.3) is 5.69 Å². The maximum atomic E-state index is 12.5. The maximum Gasteiger partial charge on any atom is 0.337 e. The van der Waals surface area contributed by atoms with Crippen LogP contribution in [0.3, 0.4) is 0 Å². The highest BCUT2D eigenvalue weighted by Crippen LogP contribution is 2.35. The summed E-state index contributed by atoms with van der Waals surface area (Å²) in [6.45, 7) is 9.05. The number of aliphatic hydroxyl groups is 1. The molecule has 4 rings (SSSR count). The molecular weight excluding hydrogens is 580 g/mol. The highest BCUT2D eigenvalue weighted by molar-refractivity contribution is 5.95. The zero-order valence-corrected chi connectivity index (χ0v) is 26.1. The molecule has 0 aliphatic carbocycles. The summed E-state index contributed by atoms with van der Waals surface area (Å²) in [5.41, 5.74) is 8.37. The van der Waals surface area contributed by atoms with Gasteiger partial charge in [-0.25, -0.2) is 9.59 Å². The number of rotatable bonds is 12. The lowest BCUT2D eigenvalue weighted by Gasteiger charge is -2.28. The van der Waals surface area contributed by atoms with Crippen LogP contribution in [-0.4, -0.2) is 60.3 Å². The first-order valence-electron chi connectivity index (χ1n) is 14.3. The van der Waals surface area contributed by atoms with E-state index in [0.717, 1.165) is 28.3 Å². The van der Waals surface area contributed by atoms with Crippen molar-refractivity contribution in [1.29, 1.82) is 0 Å². The molecule has 2 aromatic carbocycles. The number of ether oxygens (including phenoxy) is 3. The number of esters is 1. The van der Waals surface area contributed by atoms with Gasteiger partial charge in [0.2, 0.25) is 5.91 Å². The number of hydrazone groups is 1. The van der Waals surface area contributed by atoms with Crippen molar-refractivity contribution in [2.45, 2.75) is 46.9 Å². The van der Waals surface area contributed by atoms with E-state index in [1.165, 1.54) is 14.0 Å². The Morgan fingerprint density at radius 1 is 1.09 bits per heavy atom. The molecule has 0 fully saturated rings. The number of nitrogens with zero attached hydrogens (tertiary/aromatic N) is 2. The molecule has 1 aliphatic heterocycles. The predicted molar refractivity (Wildman–Crippen MR) is 169 cm³/mol. The number of hydrogen-bond acceptors (Lipinski definition) is 9. The minimum atomic E-state index is -1.14. The first-order valence-corrected chi connectivity index (χ1v) is 14.3. The third-order valence-electron chi connectivity index (χ3n) is 7.02. The molecule has 0 saturated carbocycles. The fourth-order valence-corrected chi connectivity index (χ4v) is 5.03. The molecule has 0 radical (unpaired) electrons. The van der Waals surface area contributed by atoms with Crippen molar-refractivity contribution >= 4 is 29.8 Å². The van der Waals surface area contributed by atoms with Gasteiger partial charge in [0.25, 0.3) is 0 Å². The molecule has 5 N–H and O–H groups in total. The molecule has 13 nitrogen and oxygen atoms in total. The summed E-state index contributed by atoms with van der Waals surface area (Å²) in [5.74, 6) is 0.0313. The summed E-state index contributed by atoms with van der Waals surface area (Å²) in [5, 5.41) is 22.8. The van der Waals surface area contributed by atoms with Gasteiger partial charge < -0.3 is 39.8 Å². The van der Waals surface area contributed by atoms with Crippen LogP contribution in [0.15, 0.2) is 64.9 Å². The normalized spacial score (nSPS) is 15.3. The number of anilines is 1. The van der Waals surface area contributed by atoms with Crippen LogP contribution >= 0.6 is 0 Å². The standard InChI is InChI=1S/C32H38N6O7/c1-7-44-27-15-22(30-29(31(41)43-6)19(3)34-32(42)36-30)8-13-26(27)45-17-28(40)37-33-16-23-14-18(2)38(20(23)4)25-11-9-24(10-12-25)35-21(5)39/h8-16,28,30,37,40H,7,17H2,1-6H3,(H,35,39)(H2,34,36,42)/b33-16-/t28-,30+/m1/s1. The summed E-state index contributed by atoms with van der Waals surface area (Å²) in [4.78, 5) is 35.9. The number of benzene rings is 2. The number of allylic oxidation sites excluding steroid dienone is 1. The second-order valence-electron chi connectivity index (χ2n) is 10.3. The Morgan fingerprint density at radius 2 is 1.82 bits per heavy atom. The van der Waals surface area contributed by atoms with Gasteiger partial charge >= 0.3 is 12.0 Å². The molecule has 0 unspecified atom stereocenters. The lowest BCUT2D eigenvalue weighted by atomic mass is 9.95. The number of aryl methyl sites for hydroxylation is 1. The van der Waals surface area contributed by atoms with E-state index < -0.39 is 24.3 Å². The van der Waals surface area contributed by atoms with E-state index in [1.54, 1.807) is 31.3 Å². The predicted octanol–water partition coefficient (Wildman–Crippen LogP) is 3.57. The summed E-state index contributed by atoms with van der Waals surface area (Å²) in [6.07, 6.45) is 0.482. The van der Waals surface area contributed by atoms with Crippen molar-refractivity contribution in [3.63, 3.8) is 0 Å². The molecule has 0 saturated heterocycles. The fourth-order valence-electron chi connectivity index (χ4n) is 5.03. The van der Waals surface area contributed by atoms with Gasteiger partial charge in [-0.1, -0.05) is 6.07 Å². The number of methoxy groups -OCH3 is 1. The molecule has 0 bridgehead atoms. The molecule has 1 aliphatic rings. The number of aromatic nitrogens is 1. The van der Waals surface area contributed by atoms with Crippen molar-refractivity contribution in [2.24, 2.45) is 5.10 Å². The SMILES string of the molecule is CCOc1cc([C@@H]2NC(=O)NC(C)=C2C(=O)OC)ccc1OC[C@@H](O)N/N=C\c1cc(C)n(-c2ccc(NC(C)=O)cc2)c1C. The molecule has 2 heterocycles. The van der Waals surface area contributed by atoms with Gasteiger partial charge in [-0.3, -0.25) is 10.2 Å². The van der Waals surface area contributed by atoms with Gasteiger partial charge in [-0.05, 0) is 75.7 Å². The van der Waals surface area contributed by atoms with Gasteiger partial charge in [0, 0.05) is 40.9 Å². The first-order chi connectivity index (χ1) is 21.5. The van der Waals surface area contributed by atoms with E-state index in [1.807, 2.05) is 51.1 Å². The highest BCUT2D eigenvalue weighted by Gasteiger charge is 2.32. The summed E-state index contributed by atoms with van der Waals surface area (Å²) in [6, 6.07) is 13.3. The number of urea groups is 1. The van der Waals surface area contributed by atoms with E-state index >= 15 is 0 Å². The quantitative estimate of drug-likeness (QED) is 0.0890. The topological polar surface area (TPSA) is 165 Å². The third-order valence-corrected chi connectivity index (χ3v) is 7.02. The van der Waals surface area contributed by atoms with Crippen LogP contribution in [0.2, 0.25) is 0 Å². The van der Waals surface area contributed by atoms with Crippen LogP contribution in [0.4, 0.5) is 10.5 Å². The van der Waals surface area contributed by atoms with Crippen LogP contribution in [-0.2, 0) is 14.3 Å². The fraction of sp³-hybridized carbons (Fsp3) is 0.312. The number of hydrogen-bond donors (Lipinski definition) is 5. The molecule has 2 atom stereocenters. The number of aliphatic hydroxyl groups excluding tert-OH is 1. The second-order valence-corrected chi connectivity index (χ2v) is 10.3. The smallest absolute Gasteiger partial charge is 0.337 e. The zero-order valence-electron chi connectivity index (χ0n) is 26.1. The molecule has 238 valence electrons. The lowest BCUT2D eigenvalue weighted by Crippen LogP contribution is -2.45. The zero-order chi connectivity index (χ0) is 32.7. The molecule has 3 amide bonds. The second kappa shape index (κ2) is 14.4. The molecule has 13 heteroatoms. The number of amides is 3. The molecular formula is C32H38N6O7. The van der Waals surface area contributed by atoms with Crippen LogP contribution in [0.1, 0.15) is 49.3 Å². The van der Waals surface area contributed by atoms with E-state index in [-0.39, 0.29) is 18.1 Å². The van der Waals surface area contributed by atoms with Gasteiger partial charge in [-0.2, -0.15) is 5.10 Å². The Morgan fingerprint density at radius 3 is 2.49 bits per heavy atom. The summed E-state index contributed by atoms with van der Waals surface area (Å²) in [7, 11) is 1.28. The van der Waals surface area contributed by atoms with Crippen LogP contribution < -0.4 is 30.8 Å². The molecule has 1 aromatic heterocycles. The highest BCUT2D eigenvalue weighted by atomic mass is 16.5. The number of carbonyl (C=O) groups is 3. The lowest BCUT2D eigenvalue weighted by molar-refractivity contribution is -0.136. The molecule has 0 spiro atoms. The molecule has 45 heavy (non-hydrogen) atoms. The van der Waals surface area contributed by atoms with Gasteiger partial charge in [0.1, 0.15) is 6.61 Å². The van der Waals surface area contributed by atoms with Gasteiger partial charge in [0.15, 0.2) is 17.7 Å². The summed E-state index contributed by atoms with van der Waals surface area (Å²) < 4.78 is 18.6. The minimum Gasteiger partial charge on any atom is -0.490 e. The largest absolute Gasteiger partial charge is 0.490 e. The number of nitrogens with one attached hydrogen (secondary N) is 4. The van der Waals surface area contributed by atoms with Gasteiger partial charge in [0.05, 0.1) is 31.5 Å². The third kappa shape index (κ3) is 7.81. The van der Waals surface area contributed by atoms with E-state index in [9.17, 15) is 19.5 Å². The average molecular weight is 619 g/mol. The van der Waals surface area contributed by atoms with Crippen molar-refractivity contribution in [1.82, 2.24) is 20.6 Å². The average Bonchev–Trinajstić information content (AvgIpc) is 3.28. The Kier molecular flexibility index (Phi) is 10.5. The Hall–Kier alpha value is -5.30. The van der Waals surface area contributed by atoms with E-state index in [4.69, 9.17) is 14.2 Å². The van der Waals surface area contributed by atoms with Crippen LogP contribution in [0.5, 0.6) is 11.5 Å². The summed E-state index contributed by atoms with van der Waals surface area (Å²) >= 11 is 0.